The average molecular weight is 384 g/mol. The fraction of sp³-hybridized carbons (Fsp3) is 0.368. The molecule has 1 aromatic carbocycles. The zero-order chi connectivity index (χ0) is 19.8. The third-order valence-electron chi connectivity index (χ3n) is 4.98. The van der Waals surface area contributed by atoms with Crippen molar-refractivity contribution in [2.75, 3.05) is 25.1 Å². The summed E-state index contributed by atoms with van der Waals surface area (Å²) in [4.78, 5) is 10.3. The summed E-state index contributed by atoms with van der Waals surface area (Å²) in [6.45, 7) is 3.54. The van der Waals surface area contributed by atoms with E-state index in [1.54, 1.807) is 0 Å². The lowest BCUT2D eigenvalue weighted by Gasteiger charge is -2.34. The van der Waals surface area contributed by atoms with Crippen LogP contribution in [0.2, 0.25) is 0 Å². The number of rotatable bonds is 3. The fourth-order valence-corrected chi connectivity index (χ4v) is 3.71. The maximum Gasteiger partial charge on any atom is 0.255 e. The SMILES string of the molecule is COc1cc(F)c(-c2c(C#N)nc3ncnn3c2N2CCCC(C)C2)cc1F. The monoisotopic (exact) mass is 384 g/mol. The number of hydrogen-bond acceptors (Lipinski definition) is 6. The van der Waals surface area contributed by atoms with Crippen LogP contribution in [-0.4, -0.2) is 39.8 Å². The van der Waals surface area contributed by atoms with Crippen molar-refractivity contribution in [3.05, 3.63) is 35.8 Å². The van der Waals surface area contributed by atoms with Gasteiger partial charge in [-0.2, -0.15) is 24.8 Å². The Morgan fingerprint density at radius 2 is 2.11 bits per heavy atom. The molecule has 0 radical (unpaired) electrons. The Morgan fingerprint density at radius 1 is 1.29 bits per heavy atom. The van der Waals surface area contributed by atoms with Gasteiger partial charge in [-0.25, -0.2) is 8.78 Å². The molecule has 1 aliphatic rings. The van der Waals surface area contributed by atoms with Crippen LogP contribution >= 0.6 is 0 Å². The highest BCUT2D eigenvalue weighted by Gasteiger charge is 2.28. The third kappa shape index (κ3) is 2.91. The molecule has 1 atom stereocenters. The first-order chi connectivity index (χ1) is 13.5. The van der Waals surface area contributed by atoms with E-state index < -0.39 is 11.6 Å². The second kappa shape index (κ2) is 7.03. The number of anilines is 1. The molecule has 4 rings (SSSR count). The van der Waals surface area contributed by atoms with E-state index in [2.05, 4.69) is 22.0 Å². The van der Waals surface area contributed by atoms with Gasteiger partial charge in [0.25, 0.3) is 5.78 Å². The van der Waals surface area contributed by atoms with Gasteiger partial charge in [-0.15, -0.1) is 0 Å². The highest BCUT2D eigenvalue weighted by atomic mass is 19.1. The van der Waals surface area contributed by atoms with Crippen LogP contribution in [0.25, 0.3) is 16.9 Å². The second-order valence-corrected chi connectivity index (χ2v) is 6.90. The predicted octanol–water partition coefficient (Wildman–Crippen LogP) is 3.19. The van der Waals surface area contributed by atoms with Crippen LogP contribution in [0.5, 0.6) is 5.75 Å². The minimum Gasteiger partial charge on any atom is -0.494 e. The van der Waals surface area contributed by atoms with Crippen molar-refractivity contribution in [1.82, 2.24) is 19.6 Å². The Kier molecular flexibility index (Phi) is 4.55. The lowest BCUT2D eigenvalue weighted by molar-refractivity contribution is 0.383. The summed E-state index contributed by atoms with van der Waals surface area (Å²) in [7, 11) is 1.27. The summed E-state index contributed by atoms with van der Waals surface area (Å²) in [5.41, 5.74) is 0.110. The smallest absolute Gasteiger partial charge is 0.255 e. The van der Waals surface area contributed by atoms with Gasteiger partial charge < -0.3 is 9.64 Å². The molecule has 0 bridgehead atoms. The zero-order valence-electron chi connectivity index (χ0n) is 15.5. The van der Waals surface area contributed by atoms with Crippen molar-refractivity contribution >= 4 is 11.6 Å². The van der Waals surface area contributed by atoms with Crippen LogP contribution in [0.4, 0.5) is 14.6 Å². The van der Waals surface area contributed by atoms with Gasteiger partial charge in [-0.05, 0) is 24.8 Å². The summed E-state index contributed by atoms with van der Waals surface area (Å²) >= 11 is 0. The van der Waals surface area contributed by atoms with E-state index in [0.717, 1.165) is 25.0 Å². The quantitative estimate of drug-likeness (QED) is 0.690. The average Bonchev–Trinajstić information content (AvgIpc) is 3.16. The van der Waals surface area contributed by atoms with Gasteiger partial charge in [-0.1, -0.05) is 6.92 Å². The maximum absolute atomic E-state index is 14.9. The number of benzene rings is 1. The second-order valence-electron chi connectivity index (χ2n) is 6.90. The minimum absolute atomic E-state index is 0.0304. The first-order valence-corrected chi connectivity index (χ1v) is 8.95. The summed E-state index contributed by atoms with van der Waals surface area (Å²) in [5, 5.41) is 13.9. The number of hydrogen-bond donors (Lipinski definition) is 0. The largest absolute Gasteiger partial charge is 0.494 e. The molecule has 1 fully saturated rings. The van der Waals surface area contributed by atoms with Crippen LogP contribution in [-0.2, 0) is 0 Å². The van der Waals surface area contributed by atoms with Crippen LogP contribution in [0.1, 0.15) is 25.5 Å². The van der Waals surface area contributed by atoms with E-state index in [1.165, 1.54) is 18.0 Å². The van der Waals surface area contributed by atoms with Crippen LogP contribution in [0, 0.1) is 28.9 Å². The molecule has 28 heavy (non-hydrogen) atoms. The molecule has 7 nitrogen and oxygen atoms in total. The molecule has 144 valence electrons. The molecule has 0 aliphatic carbocycles. The normalized spacial score (nSPS) is 17.0. The number of nitriles is 1. The summed E-state index contributed by atoms with van der Waals surface area (Å²) in [6.07, 6.45) is 3.35. The number of nitrogens with zero attached hydrogens (tertiary/aromatic N) is 6. The highest BCUT2D eigenvalue weighted by Crippen LogP contribution is 2.38. The van der Waals surface area contributed by atoms with Gasteiger partial charge in [0.1, 0.15) is 24.0 Å². The highest BCUT2D eigenvalue weighted by molar-refractivity contribution is 5.82. The Labute approximate surface area is 160 Å². The zero-order valence-corrected chi connectivity index (χ0v) is 15.5. The molecule has 1 saturated heterocycles. The minimum atomic E-state index is -0.723. The van der Waals surface area contributed by atoms with E-state index >= 15 is 0 Å². The van der Waals surface area contributed by atoms with Crippen molar-refractivity contribution in [3.63, 3.8) is 0 Å². The molecular weight excluding hydrogens is 366 g/mol. The summed E-state index contributed by atoms with van der Waals surface area (Å²) in [6, 6.07) is 4.01. The van der Waals surface area contributed by atoms with Crippen molar-refractivity contribution in [1.29, 1.82) is 5.26 Å². The van der Waals surface area contributed by atoms with E-state index in [4.69, 9.17) is 4.74 Å². The molecule has 0 spiro atoms. The number of methoxy groups -OCH3 is 1. The van der Waals surface area contributed by atoms with E-state index in [1.807, 2.05) is 11.0 Å². The molecule has 9 heteroatoms. The van der Waals surface area contributed by atoms with Gasteiger partial charge in [0.2, 0.25) is 0 Å². The molecule has 0 saturated carbocycles. The topological polar surface area (TPSA) is 79.3 Å². The van der Waals surface area contributed by atoms with Crippen LogP contribution in [0.15, 0.2) is 18.5 Å². The Bertz CT molecular complexity index is 1090. The molecule has 1 aliphatic heterocycles. The Morgan fingerprint density at radius 3 is 2.82 bits per heavy atom. The Hall–Kier alpha value is -3.28. The Balaban J connectivity index is 2.04. The van der Waals surface area contributed by atoms with Gasteiger partial charge >= 0.3 is 0 Å². The van der Waals surface area contributed by atoms with Gasteiger partial charge in [-0.3, -0.25) is 0 Å². The lowest BCUT2D eigenvalue weighted by Crippen LogP contribution is -2.36. The van der Waals surface area contributed by atoms with Crippen molar-refractivity contribution < 1.29 is 13.5 Å². The van der Waals surface area contributed by atoms with E-state index in [9.17, 15) is 14.0 Å². The number of piperidine rings is 1. The molecule has 2 aromatic heterocycles. The maximum atomic E-state index is 14.9. The standard InChI is InChI=1S/C19H18F2N6O/c1-11-4-3-5-26(9-11)18-17(12-6-14(21)16(28-2)7-13(12)20)15(8-22)25-19-23-10-24-27(18)19/h6-7,10-11H,3-5,9H2,1-2H3. The van der Waals surface area contributed by atoms with Gasteiger partial charge in [0.05, 0.1) is 12.7 Å². The van der Waals surface area contributed by atoms with Gasteiger partial charge in [0, 0.05) is 24.7 Å². The van der Waals surface area contributed by atoms with Crippen LogP contribution < -0.4 is 9.64 Å². The van der Waals surface area contributed by atoms with E-state index in [0.29, 0.717) is 24.8 Å². The number of halogens is 2. The first-order valence-electron chi connectivity index (χ1n) is 8.95. The number of fused-ring (bicyclic) bond motifs is 1. The van der Waals surface area contributed by atoms with Crippen molar-refractivity contribution in [2.45, 2.75) is 19.8 Å². The summed E-state index contributed by atoms with van der Waals surface area (Å²) < 4.78 is 35.7. The van der Waals surface area contributed by atoms with Crippen molar-refractivity contribution in [3.8, 4) is 22.9 Å². The molecule has 0 N–H and O–H groups in total. The lowest BCUT2D eigenvalue weighted by atomic mass is 9.98. The van der Waals surface area contributed by atoms with Crippen LogP contribution in [0.3, 0.4) is 0 Å². The number of aromatic nitrogens is 4. The van der Waals surface area contributed by atoms with E-state index in [-0.39, 0.29) is 28.3 Å². The molecule has 1 unspecified atom stereocenters. The molecular formula is C19H18F2N6O. The molecule has 0 amide bonds. The molecule has 3 aromatic rings. The first kappa shape index (κ1) is 18.1. The number of ether oxygens (including phenoxy) is 1. The van der Waals surface area contributed by atoms with Gasteiger partial charge in [0.15, 0.2) is 17.3 Å². The predicted molar refractivity (Wildman–Crippen MR) is 98.0 cm³/mol. The third-order valence-corrected chi connectivity index (χ3v) is 4.98. The van der Waals surface area contributed by atoms with Crippen molar-refractivity contribution in [2.24, 2.45) is 5.92 Å². The molecule has 3 heterocycles. The summed E-state index contributed by atoms with van der Waals surface area (Å²) in [5.74, 6) is -0.488. The fourth-order valence-electron chi connectivity index (χ4n) is 3.71.